The van der Waals surface area contributed by atoms with Crippen LogP contribution in [0.3, 0.4) is 0 Å². The molecule has 0 aliphatic carbocycles. The van der Waals surface area contributed by atoms with Crippen LogP contribution in [0.15, 0.2) is 47.7 Å². The van der Waals surface area contributed by atoms with E-state index < -0.39 is 0 Å². The molecule has 1 amide bonds. The van der Waals surface area contributed by atoms with E-state index >= 15 is 0 Å². The van der Waals surface area contributed by atoms with Gasteiger partial charge in [0, 0.05) is 11.1 Å². The van der Waals surface area contributed by atoms with Crippen LogP contribution in [0.2, 0.25) is 0 Å². The van der Waals surface area contributed by atoms with E-state index in [0.29, 0.717) is 11.4 Å². The predicted octanol–water partition coefficient (Wildman–Crippen LogP) is 2.61. The summed E-state index contributed by atoms with van der Waals surface area (Å²) >= 11 is 1.64. The molecule has 3 rings (SSSR count). The fourth-order valence-electron chi connectivity index (χ4n) is 1.81. The van der Waals surface area contributed by atoms with Gasteiger partial charge >= 0.3 is 0 Å². The monoisotopic (exact) mass is 311 g/mol. The summed E-state index contributed by atoms with van der Waals surface area (Å²) in [4.78, 5) is 18.3. The average Bonchev–Trinajstić information content (AvgIpc) is 3.17. The number of hydrazone groups is 1. The number of amides is 1. The Morgan fingerprint density at radius 1 is 1.36 bits per heavy atom. The van der Waals surface area contributed by atoms with Gasteiger partial charge in [0.2, 0.25) is 0 Å². The molecule has 3 aromatic heterocycles. The summed E-state index contributed by atoms with van der Waals surface area (Å²) in [6.07, 6.45) is 3.14. The third-order valence-electron chi connectivity index (χ3n) is 2.87. The molecule has 22 heavy (non-hydrogen) atoms. The molecule has 3 aromatic rings. The molecular weight excluding hydrogens is 298 g/mol. The van der Waals surface area contributed by atoms with Gasteiger partial charge in [-0.1, -0.05) is 6.07 Å². The fraction of sp³-hybridized carbons (Fsp3) is 0.0667. The van der Waals surface area contributed by atoms with Crippen molar-refractivity contribution >= 4 is 23.5 Å². The van der Waals surface area contributed by atoms with Gasteiger partial charge in [-0.05, 0) is 37.3 Å². The van der Waals surface area contributed by atoms with E-state index in [4.69, 9.17) is 0 Å². The maximum Gasteiger partial charge on any atom is 0.291 e. The maximum atomic E-state index is 12.0. The maximum absolute atomic E-state index is 12.0. The molecule has 110 valence electrons. The zero-order valence-electron chi connectivity index (χ0n) is 11.8. The van der Waals surface area contributed by atoms with Crippen molar-refractivity contribution in [2.75, 3.05) is 0 Å². The summed E-state index contributed by atoms with van der Waals surface area (Å²) in [5.74, 6) is -0.372. The Morgan fingerprint density at radius 2 is 2.27 bits per heavy atom. The molecule has 0 fully saturated rings. The first-order chi connectivity index (χ1) is 10.7. The van der Waals surface area contributed by atoms with Crippen LogP contribution in [0.25, 0.3) is 10.6 Å². The minimum absolute atomic E-state index is 0.291. The summed E-state index contributed by atoms with van der Waals surface area (Å²) in [7, 11) is 0. The Bertz CT molecular complexity index is 806. The fourth-order valence-corrected chi connectivity index (χ4v) is 2.64. The van der Waals surface area contributed by atoms with Gasteiger partial charge in [0.1, 0.15) is 0 Å². The van der Waals surface area contributed by atoms with Gasteiger partial charge in [0.15, 0.2) is 5.69 Å². The number of aromatic amines is 1. The van der Waals surface area contributed by atoms with Gasteiger partial charge in [0.25, 0.3) is 5.91 Å². The second-order valence-electron chi connectivity index (χ2n) is 4.53. The number of thiophene rings is 1. The number of hydrogen-bond acceptors (Lipinski definition) is 5. The number of hydrogen-bond donors (Lipinski definition) is 2. The van der Waals surface area contributed by atoms with E-state index in [1.54, 1.807) is 29.7 Å². The number of H-pyrrole nitrogens is 1. The number of nitrogens with one attached hydrogen (secondary N) is 2. The zero-order chi connectivity index (χ0) is 15.4. The summed E-state index contributed by atoms with van der Waals surface area (Å²) in [5, 5.41) is 10.7. The van der Waals surface area contributed by atoms with Crippen LogP contribution in [0.1, 0.15) is 21.1 Å². The topological polar surface area (TPSA) is 83.0 Å². The molecule has 3 heterocycles. The van der Waals surface area contributed by atoms with Crippen LogP contribution in [-0.4, -0.2) is 27.3 Å². The van der Waals surface area contributed by atoms with Crippen LogP contribution in [-0.2, 0) is 0 Å². The largest absolute Gasteiger partial charge is 0.291 e. The second-order valence-corrected chi connectivity index (χ2v) is 5.82. The highest BCUT2D eigenvalue weighted by Crippen LogP contribution is 2.26. The van der Waals surface area contributed by atoms with Crippen LogP contribution in [0.5, 0.6) is 0 Å². The van der Waals surface area contributed by atoms with Gasteiger partial charge in [-0.3, -0.25) is 14.9 Å². The van der Waals surface area contributed by atoms with Crippen molar-refractivity contribution in [2.45, 2.75) is 6.92 Å². The lowest BCUT2D eigenvalue weighted by Gasteiger charge is -1.94. The van der Waals surface area contributed by atoms with Crippen molar-refractivity contribution < 1.29 is 4.79 Å². The highest BCUT2D eigenvalue weighted by molar-refractivity contribution is 7.15. The minimum Gasteiger partial charge on any atom is -0.276 e. The van der Waals surface area contributed by atoms with E-state index in [-0.39, 0.29) is 5.91 Å². The first kappa shape index (κ1) is 14.2. The molecule has 7 heteroatoms. The SMILES string of the molecule is Cc1ccc(-c2cc(C(=O)NN=Cc3ccccn3)n[nH]2)s1. The molecule has 0 aliphatic heterocycles. The van der Waals surface area contributed by atoms with E-state index in [1.165, 1.54) is 11.1 Å². The number of nitrogens with zero attached hydrogens (tertiary/aromatic N) is 3. The second kappa shape index (κ2) is 6.31. The van der Waals surface area contributed by atoms with Crippen molar-refractivity contribution in [1.82, 2.24) is 20.6 Å². The Hall–Kier alpha value is -2.80. The highest BCUT2D eigenvalue weighted by atomic mass is 32.1. The van der Waals surface area contributed by atoms with Crippen molar-refractivity contribution in [3.05, 3.63) is 58.9 Å². The molecular formula is C15H13N5OS. The highest BCUT2D eigenvalue weighted by Gasteiger charge is 2.11. The molecule has 0 aliphatic rings. The lowest BCUT2D eigenvalue weighted by Crippen LogP contribution is -2.18. The third kappa shape index (κ3) is 3.26. The summed E-state index contributed by atoms with van der Waals surface area (Å²) < 4.78 is 0. The molecule has 0 bridgehead atoms. The molecule has 6 nitrogen and oxygen atoms in total. The normalized spacial score (nSPS) is 11.0. The van der Waals surface area contributed by atoms with E-state index in [1.807, 2.05) is 31.2 Å². The number of aryl methyl sites for hydroxylation is 1. The Balaban J connectivity index is 1.66. The zero-order valence-corrected chi connectivity index (χ0v) is 12.6. The molecule has 0 atom stereocenters. The number of pyridine rings is 1. The smallest absolute Gasteiger partial charge is 0.276 e. The number of carbonyl (C=O) groups excluding carboxylic acids is 1. The van der Waals surface area contributed by atoms with E-state index in [0.717, 1.165) is 10.6 Å². The van der Waals surface area contributed by atoms with Crippen molar-refractivity contribution in [2.24, 2.45) is 5.10 Å². The molecule has 0 unspecified atom stereocenters. The van der Waals surface area contributed by atoms with Gasteiger partial charge < -0.3 is 0 Å². The van der Waals surface area contributed by atoms with E-state index in [2.05, 4.69) is 25.7 Å². The quantitative estimate of drug-likeness (QED) is 0.574. The van der Waals surface area contributed by atoms with Crippen molar-refractivity contribution in [3.63, 3.8) is 0 Å². The number of carbonyl (C=O) groups is 1. The van der Waals surface area contributed by atoms with Gasteiger partial charge in [-0.25, -0.2) is 5.43 Å². The van der Waals surface area contributed by atoms with Gasteiger partial charge in [-0.2, -0.15) is 10.2 Å². The molecule has 0 saturated carbocycles. The van der Waals surface area contributed by atoms with Crippen molar-refractivity contribution in [1.29, 1.82) is 0 Å². The first-order valence-electron chi connectivity index (χ1n) is 6.59. The minimum atomic E-state index is -0.372. The molecule has 0 radical (unpaired) electrons. The molecule has 2 N–H and O–H groups in total. The van der Waals surface area contributed by atoms with Gasteiger partial charge in [0.05, 0.1) is 22.5 Å². The lowest BCUT2D eigenvalue weighted by atomic mass is 10.3. The standard InChI is InChI=1S/C15H13N5OS/c1-10-5-6-14(22-10)12-8-13(19-18-12)15(21)20-17-9-11-4-2-3-7-16-11/h2-9H,1H3,(H,18,19)(H,20,21). The Kier molecular flexibility index (Phi) is 4.06. The average molecular weight is 311 g/mol. The van der Waals surface area contributed by atoms with Crippen LogP contribution >= 0.6 is 11.3 Å². The molecule has 0 aromatic carbocycles. The van der Waals surface area contributed by atoms with Crippen molar-refractivity contribution in [3.8, 4) is 10.6 Å². The molecule has 0 spiro atoms. The summed E-state index contributed by atoms with van der Waals surface area (Å²) in [5.41, 5.74) is 4.20. The number of aromatic nitrogens is 3. The van der Waals surface area contributed by atoms with Crippen LogP contribution < -0.4 is 5.43 Å². The number of rotatable bonds is 4. The Morgan fingerprint density at radius 3 is 3.00 bits per heavy atom. The van der Waals surface area contributed by atoms with E-state index in [9.17, 15) is 4.79 Å². The third-order valence-corrected chi connectivity index (χ3v) is 3.90. The van der Waals surface area contributed by atoms with Crippen LogP contribution in [0.4, 0.5) is 0 Å². The Labute approximate surface area is 130 Å². The summed E-state index contributed by atoms with van der Waals surface area (Å²) in [6, 6.07) is 11.2. The van der Waals surface area contributed by atoms with Crippen LogP contribution in [0, 0.1) is 6.92 Å². The van der Waals surface area contributed by atoms with Gasteiger partial charge in [-0.15, -0.1) is 11.3 Å². The lowest BCUT2D eigenvalue weighted by molar-refractivity contribution is 0.0950. The summed E-state index contributed by atoms with van der Waals surface area (Å²) in [6.45, 7) is 2.03. The molecule has 0 saturated heterocycles. The first-order valence-corrected chi connectivity index (χ1v) is 7.41. The predicted molar refractivity (Wildman–Crippen MR) is 85.9 cm³/mol.